The van der Waals surface area contributed by atoms with Gasteiger partial charge in [0.2, 0.25) is 0 Å². The van der Waals surface area contributed by atoms with E-state index >= 15 is 0 Å². The molecule has 0 spiro atoms. The monoisotopic (exact) mass is 338 g/mol. The van der Waals surface area contributed by atoms with Gasteiger partial charge in [-0.05, 0) is 36.4 Å². The fourth-order valence-corrected chi connectivity index (χ4v) is 2.57. The number of aromatic amines is 1. The number of benzene rings is 2. The van der Waals surface area contributed by atoms with Crippen LogP contribution in [-0.4, -0.2) is 9.97 Å². The Morgan fingerprint density at radius 1 is 0.857 bits per heavy atom. The SMILES string of the molecule is Brc1ccc(-c2ccc(-c3nc4ccccc4[nH]3)o2)cc1. The Morgan fingerprint density at radius 2 is 1.62 bits per heavy atom. The summed E-state index contributed by atoms with van der Waals surface area (Å²) < 4.78 is 6.97. The van der Waals surface area contributed by atoms with Crippen molar-refractivity contribution in [2.45, 2.75) is 0 Å². The topological polar surface area (TPSA) is 41.8 Å². The van der Waals surface area contributed by atoms with E-state index in [1.54, 1.807) is 0 Å². The number of rotatable bonds is 2. The van der Waals surface area contributed by atoms with E-state index < -0.39 is 0 Å². The maximum atomic E-state index is 5.92. The molecule has 4 aromatic rings. The number of furan rings is 1. The number of nitrogens with zero attached hydrogens (tertiary/aromatic N) is 1. The zero-order valence-corrected chi connectivity index (χ0v) is 12.6. The van der Waals surface area contributed by atoms with Crippen LogP contribution < -0.4 is 0 Å². The number of aromatic nitrogens is 2. The molecule has 0 amide bonds. The van der Waals surface area contributed by atoms with Crippen molar-refractivity contribution in [3.8, 4) is 22.9 Å². The maximum absolute atomic E-state index is 5.92. The molecule has 3 nitrogen and oxygen atoms in total. The lowest BCUT2D eigenvalue weighted by Crippen LogP contribution is -1.75. The summed E-state index contributed by atoms with van der Waals surface area (Å²) in [6, 6.07) is 19.9. The minimum Gasteiger partial charge on any atom is -0.453 e. The molecule has 0 unspecified atom stereocenters. The molecule has 4 rings (SSSR count). The Kier molecular flexibility index (Phi) is 2.89. The van der Waals surface area contributed by atoms with Crippen molar-refractivity contribution in [3.05, 3.63) is 65.1 Å². The Balaban J connectivity index is 1.75. The lowest BCUT2D eigenvalue weighted by atomic mass is 10.2. The van der Waals surface area contributed by atoms with Crippen molar-refractivity contribution in [2.24, 2.45) is 0 Å². The molecule has 0 atom stereocenters. The van der Waals surface area contributed by atoms with Gasteiger partial charge in [0.05, 0.1) is 11.0 Å². The number of fused-ring (bicyclic) bond motifs is 1. The quantitative estimate of drug-likeness (QED) is 0.542. The van der Waals surface area contributed by atoms with Crippen molar-refractivity contribution in [3.63, 3.8) is 0 Å². The van der Waals surface area contributed by atoms with Crippen LogP contribution in [0.1, 0.15) is 0 Å². The molecule has 2 heterocycles. The van der Waals surface area contributed by atoms with Crippen LogP contribution in [0.3, 0.4) is 0 Å². The normalized spacial score (nSPS) is 11.1. The molecule has 0 saturated carbocycles. The first-order chi connectivity index (χ1) is 10.3. The number of halogens is 1. The van der Waals surface area contributed by atoms with E-state index in [2.05, 4.69) is 25.9 Å². The average molecular weight is 339 g/mol. The van der Waals surface area contributed by atoms with E-state index in [0.29, 0.717) is 0 Å². The van der Waals surface area contributed by atoms with Crippen LogP contribution in [0.5, 0.6) is 0 Å². The van der Waals surface area contributed by atoms with Crippen LogP contribution in [0.4, 0.5) is 0 Å². The predicted molar refractivity (Wildman–Crippen MR) is 86.9 cm³/mol. The van der Waals surface area contributed by atoms with Crippen LogP contribution in [-0.2, 0) is 0 Å². The van der Waals surface area contributed by atoms with Gasteiger partial charge >= 0.3 is 0 Å². The first-order valence-electron chi connectivity index (χ1n) is 6.60. The third-order valence-electron chi connectivity index (χ3n) is 3.36. The van der Waals surface area contributed by atoms with E-state index in [-0.39, 0.29) is 0 Å². The van der Waals surface area contributed by atoms with Gasteiger partial charge in [0.1, 0.15) is 5.76 Å². The minimum absolute atomic E-state index is 0.740. The third-order valence-corrected chi connectivity index (χ3v) is 3.89. The molecule has 0 aliphatic carbocycles. The van der Waals surface area contributed by atoms with Gasteiger partial charge in [-0.3, -0.25) is 0 Å². The average Bonchev–Trinajstić information content (AvgIpc) is 3.14. The van der Waals surface area contributed by atoms with Gasteiger partial charge in [-0.25, -0.2) is 4.98 Å². The molecular weight excluding hydrogens is 328 g/mol. The Morgan fingerprint density at radius 3 is 2.43 bits per heavy atom. The molecule has 0 radical (unpaired) electrons. The first kappa shape index (κ1) is 12.4. The van der Waals surface area contributed by atoms with E-state index in [0.717, 1.165) is 38.4 Å². The van der Waals surface area contributed by atoms with Crippen molar-refractivity contribution in [1.29, 1.82) is 0 Å². The molecule has 0 aliphatic rings. The van der Waals surface area contributed by atoms with E-state index in [4.69, 9.17) is 4.42 Å². The molecule has 2 aromatic carbocycles. The lowest BCUT2D eigenvalue weighted by Gasteiger charge is -1.97. The first-order valence-corrected chi connectivity index (χ1v) is 7.40. The maximum Gasteiger partial charge on any atom is 0.174 e. The van der Waals surface area contributed by atoms with Crippen LogP contribution in [0.15, 0.2) is 69.6 Å². The highest BCUT2D eigenvalue weighted by molar-refractivity contribution is 9.10. The zero-order chi connectivity index (χ0) is 14.2. The highest BCUT2D eigenvalue weighted by Gasteiger charge is 2.10. The Hall–Kier alpha value is -2.33. The summed E-state index contributed by atoms with van der Waals surface area (Å²) >= 11 is 3.43. The molecular formula is C17H11BrN2O. The highest BCUT2D eigenvalue weighted by Crippen LogP contribution is 2.28. The highest BCUT2D eigenvalue weighted by atomic mass is 79.9. The van der Waals surface area contributed by atoms with Crippen LogP contribution >= 0.6 is 15.9 Å². The molecule has 0 bridgehead atoms. The fraction of sp³-hybridized carbons (Fsp3) is 0. The van der Waals surface area contributed by atoms with Gasteiger partial charge in [-0.15, -0.1) is 0 Å². The number of hydrogen-bond donors (Lipinski definition) is 1. The summed E-state index contributed by atoms with van der Waals surface area (Å²) in [6.45, 7) is 0. The van der Waals surface area contributed by atoms with E-state index in [1.165, 1.54) is 0 Å². The number of H-pyrrole nitrogens is 1. The van der Waals surface area contributed by atoms with Gasteiger partial charge < -0.3 is 9.40 Å². The van der Waals surface area contributed by atoms with Crippen LogP contribution in [0.25, 0.3) is 33.9 Å². The van der Waals surface area contributed by atoms with Gasteiger partial charge in [-0.2, -0.15) is 0 Å². The number of nitrogens with one attached hydrogen (secondary N) is 1. The van der Waals surface area contributed by atoms with Gasteiger partial charge in [0.15, 0.2) is 11.6 Å². The number of imidazole rings is 1. The second kappa shape index (κ2) is 4.90. The van der Waals surface area contributed by atoms with E-state index in [9.17, 15) is 0 Å². The van der Waals surface area contributed by atoms with Crippen molar-refractivity contribution < 1.29 is 4.42 Å². The van der Waals surface area contributed by atoms with Gasteiger partial charge in [-0.1, -0.05) is 40.2 Å². The fourth-order valence-electron chi connectivity index (χ4n) is 2.30. The smallest absolute Gasteiger partial charge is 0.174 e. The van der Waals surface area contributed by atoms with Crippen LogP contribution in [0, 0.1) is 0 Å². The largest absolute Gasteiger partial charge is 0.453 e. The van der Waals surface area contributed by atoms with E-state index in [1.807, 2.05) is 60.7 Å². The summed E-state index contributed by atoms with van der Waals surface area (Å²) in [5.74, 6) is 2.32. The van der Waals surface area contributed by atoms with Gasteiger partial charge in [0.25, 0.3) is 0 Å². The minimum atomic E-state index is 0.740. The van der Waals surface area contributed by atoms with Crippen LogP contribution in [0.2, 0.25) is 0 Å². The molecule has 0 saturated heterocycles. The molecule has 21 heavy (non-hydrogen) atoms. The second-order valence-corrected chi connectivity index (χ2v) is 5.69. The van der Waals surface area contributed by atoms with Crippen molar-refractivity contribution in [2.75, 3.05) is 0 Å². The molecule has 1 N–H and O–H groups in total. The molecule has 102 valence electrons. The Labute approximate surface area is 129 Å². The molecule has 2 aromatic heterocycles. The molecule has 0 aliphatic heterocycles. The predicted octanol–water partition coefficient (Wildman–Crippen LogP) is 5.25. The number of hydrogen-bond acceptors (Lipinski definition) is 2. The number of para-hydroxylation sites is 2. The molecule has 0 fully saturated rings. The van der Waals surface area contributed by atoms with Crippen molar-refractivity contribution >= 4 is 27.0 Å². The van der Waals surface area contributed by atoms with Crippen molar-refractivity contribution in [1.82, 2.24) is 9.97 Å². The summed E-state index contributed by atoms with van der Waals surface area (Å²) in [4.78, 5) is 7.82. The summed E-state index contributed by atoms with van der Waals surface area (Å²) in [6.07, 6.45) is 0. The second-order valence-electron chi connectivity index (χ2n) is 4.77. The summed E-state index contributed by atoms with van der Waals surface area (Å²) in [5.41, 5.74) is 2.99. The zero-order valence-electron chi connectivity index (χ0n) is 11.0. The van der Waals surface area contributed by atoms with Gasteiger partial charge in [0, 0.05) is 10.0 Å². The summed E-state index contributed by atoms with van der Waals surface area (Å²) in [5, 5.41) is 0. The lowest BCUT2D eigenvalue weighted by molar-refractivity contribution is 0.593. The standard InChI is InChI=1S/C17H11BrN2O/c18-12-7-5-11(6-8-12)15-9-10-16(21-15)17-19-13-3-1-2-4-14(13)20-17/h1-10H,(H,19,20). The third kappa shape index (κ3) is 2.28. The molecule has 4 heteroatoms. The Bertz CT molecular complexity index is 873. The summed E-state index contributed by atoms with van der Waals surface area (Å²) in [7, 11) is 0.